The first kappa shape index (κ1) is 22.6. The molecular formula is C21H23ClN5O3P. The molecule has 1 amide bonds. The molecule has 0 aliphatic heterocycles. The number of aryl methyl sites for hydroxylation is 1. The minimum atomic E-state index is -2.76. The second kappa shape index (κ2) is 9.37. The summed E-state index contributed by atoms with van der Waals surface area (Å²) >= 11 is 6.29. The molecule has 0 aliphatic rings. The zero-order chi connectivity index (χ0) is 22.6. The summed E-state index contributed by atoms with van der Waals surface area (Å²) in [5.41, 5.74) is 8.33. The Morgan fingerprint density at radius 3 is 2.61 bits per heavy atom. The molecule has 3 rings (SSSR count). The number of hydrogen-bond acceptors (Lipinski definition) is 7. The molecule has 0 radical (unpaired) electrons. The molecule has 2 aromatic carbocycles. The molecule has 0 atom stereocenters. The van der Waals surface area contributed by atoms with E-state index in [1.54, 1.807) is 18.2 Å². The van der Waals surface area contributed by atoms with Gasteiger partial charge in [-0.15, -0.1) is 0 Å². The first-order chi connectivity index (χ1) is 14.6. The van der Waals surface area contributed by atoms with Crippen molar-refractivity contribution in [3.63, 3.8) is 0 Å². The van der Waals surface area contributed by atoms with Crippen molar-refractivity contribution in [2.45, 2.75) is 13.3 Å². The molecule has 31 heavy (non-hydrogen) atoms. The Balaban J connectivity index is 1.87. The number of nitrogens with zero attached hydrogens (tertiary/aromatic N) is 2. The average molecular weight is 460 g/mol. The van der Waals surface area contributed by atoms with Crippen LogP contribution in [0, 0.1) is 6.92 Å². The summed E-state index contributed by atoms with van der Waals surface area (Å²) in [6.07, 6.45) is 1.61. The summed E-state index contributed by atoms with van der Waals surface area (Å²) in [7, 11) is -2.76. The highest BCUT2D eigenvalue weighted by molar-refractivity contribution is 7.57. The lowest BCUT2D eigenvalue weighted by Gasteiger charge is -2.16. The molecule has 162 valence electrons. The highest BCUT2D eigenvalue weighted by Crippen LogP contribution is 2.42. The van der Waals surface area contributed by atoms with Crippen LogP contribution in [0.25, 0.3) is 0 Å². The Labute approximate surface area is 185 Å². The van der Waals surface area contributed by atoms with Crippen LogP contribution in [0.1, 0.15) is 11.1 Å². The van der Waals surface area contributed by atoms with Gasteiger partial charge in [-0.05, 0) is 36.2 Å². The van der Waals surface area contributed by atoms with Crippen molar-refractivity contribution in [2.75, 3.05) is 24.0 Å². The maximum atomic E-state index is 12.1. The SMILES string of the molecule is Cc1ccc(CC(N)=O)cc1Nc1ncc(Cl)c(Nc2ccccc2OP(C)(C)=O)n1. The van der Waals surface area contributed by atoms with Crippen LogP contribution in [0.4, 0.5) is 23.1 Å². The Morgan fingerprint density at radius 1 is 1.16 bits per heavy atom. The topological polar surface area (TPSA) is 119 Å². The Kier molecular flexibility index (Phi) is 6.83. The van der Waals surface area contributed by atoms with Crippen molar-refractivity contribution in [1.29, 1.82) is 0 Å². The van der Waals surface area contributed by atoms with E-state index in [1.165, 1.54) is 19.5 Å². The van der Waals surface area contributed by atoms with Gasteiger partial charge in [0.15, 0.2) is 5.82 Å². The van der Waals surface area contributed by atoms with Crippen molar-refractivity contribution >= 4 is 48.0 Å². The number of primary amides is 1. The lowest BCUT2D eigenvalue weighted by atomic mass is 10.1. The fraction of sp³-hybridized carbons (Fsp3) is 0.190. The van der Waals surface area contributed by atoms with Gasteiger partial charge in [-0.25, -0.2) is 4.98 Å². The van der Waals surface area contributed by atoms with Crippen LogP contribution >= 0.6 is 19.0 Å². The molecule has 0 bridgehead atoms. The number of rotatable bonds is 8. The molecule has 10 heteroatoms. The number of aromatic nitrogens is 2. The third-order valence-corrected chi connectivity index (χ3v) is 5.04. The van der Waals surface area contributed by atoms with E-state index in [1.807, 2.05) is 31.2 Å². The van der Waals surface area contributed by atoms with Gasteiger partial charge in [0, 0.05) is 19.0 Å². The van der Waals surface area contributed by atoms with Crippen molar-refractivity contribution < 1.29 is 13.9 Å². The molecule has 0 unspecified atom stereocenters. The third-order valence-electron chi connectivity index (χ3n) is 4.13. The molecule has 1 aromatic heterocycles. The summed E-state index contributed by atoms with van der Waals surface area (Å²) in [6.45, 7) is 5.00. The van der Waals surface area contributed by atoms with Gasteiger partial charge in [0.25, 0.3) is 0 Å². The fourth-order valence-corrected chi connectivity index (χ4v) is 3.54. The maximum Gasteiger partial charge on any atom is 0.242 e. The van der Waals surface area contributed by atoms with Crippen molar-refractivity contribution in [3.8, 4) is 5.75 Å². The van der Waals surface area contributed by atoms with Crippen LogP contribution in [0.5, 0.6) is 5.75 Å². The molecule has 3 aromatic rings. The number of carbonyl (C=O) groups is 1. The summed E-state index contributed by atoms with van der Waals surface area (Å²) in [5, 5.41) is 6.56. The Morgan fingerprint density at radius 2 is 1.90 bits per heavy atom. The predicted molar refractivity (Wildman–Crippen MR) is 124 cm³/mol. The number of para-hydroxylation sites is 2. The van der Waals surface area contributed by atoms with E-state index in [9.17, 15) is 9.36 Å². The van der Waals surface area contributed by atoms with E-state index >= 15 is 0 Å². The molecular weight excluding hydrogens is 437 g/mol. The number of halogens is 1. The lowest BCUT2D eigenvalue weighted by Crippen LogP contribution is -2.13. The summed E-state index contributed by atoms with van der Waals surface area (Å²) in [6, 6.07) is 12.6. The normalized spacial score (nSPS) is 11.1. The first-order valence-electron chi connectivity index (χ1n) is 9.39. The van der Waals surface area contributed by atoms with E-state index in [4.69, 9.17) is 21.9 Å². The highest BCUT2D eigenvalue weighted by atomic mass is 35.5. The molecule has 8 nitrogen and oxygen atoms in total. The zero-order valence-corrected chi connectivity index (χ0v) is 19.0. The van der Waals surface area contributed by atoms with E-state index in [2.05, 4.69) is 20.6 Å². The predicted octanol–water partition coefficient (Wildman–Crippen LogP) is 4.87. The van der Waals surface area contributed by atoms with Gasteiger partial charge in [-0.3, -0.25) is 9.36 Å². The van der Waals surface area contributed by atoms with E-state index in [0.717, 1.165) is 16.8 Å². The molecule has 0 spiro atoms. The first-order valence-corrected chi connectivity index (χ1v) is 12.3. The van der Waals surface area contributed by atoms with Gasteiger partial charge in [-0.1, -0.05) is 35.9 Å². The second-order valence-electron chi connectivity index (χ2n) is 7.27. The van der Waals surface area contributed by atoms with Crippen LogP contribution in [-0.2, 0) is 15.8 Å². The number of hydrogen-bond donors (Lipinski definition) is 3. The van der Waals surface area contributed by atoms with Crippen molar-refractivity contribution in [1.82, 2.24) is 9.97 Å². The largest absolute Gasteiger partial charge is 0.441 e. The number of anilines is 4. The monoisotopic (exact) mass is 459 g/mol. The van der Waals surface area contributed by atoms with Gasteiger partial charge in [0.1, 0.15) is 10.8 Å². The van der Waals surface area contributed by atoms with Crippen LogP contribution in [0.3, 0.4) is 0 Å². The molecule has 0 aliphatic carbocycles. The lowest BCUT2D eigenvalue weighted by molar-refractivity contribution is -0.117. The van der Waals surface area contributed by atoms with E-state index in [0.29, 0.717) is 28.2 Å². The fourth-order valence-electron chi connectivity index (χ4n) is 2.76. The quantitative estimate of drug-likeness (QED) is 0.411. The average Bonchev–Trinajstić information content (AvgIpc) is 2.67. The number of benzene rings is 2. The summed E-state index contributed by atoms with van der Waals surface area (Å²) in [5.74, 6) is 0.674. The molecule has 0 saturated heterocycles. The standard InChI is InChI=1S/C21H23ClN5O3P/c1-13-8-9-14(11-19(23)28)10-17(13)26-21-24-12-15(22)20(27-21)25-16-6-4-5-7-18(16)30-31(2,3)29/h4-10,12H,11H2,1-3H3,(H2,23,28)(H2,24,25,26,27). The third kappa shape index (κ3) is 6.44. The minimum absolute atomic E-state index is 0.138. The van der Waals surface area contributed by atoms with Crippen LogP contribution in [-0.4, -0.2) is 29.2 Å². The van der Waals surface area contributed by atoms with Gasteiger partial charge >= 0.3 is 0 Å². The maximum absolute atomic E-state index is 12.1. The molecule has 0 fully saturated rings. The minimum Gasteiger partial charge on any atom is -0.441 e. The number of nitrogens with one attached hydrogen (secondary N) is 2. The van der Waals surface area contributed by atoms with E-state index in [-0.39, 0.29) is 6.42 Å². The van der Waals surface area contributed by atoms with Crippen molar-refractivity contribution in [3.05, 3.63) is 64.8 Å². The molecule has 4 N–H and O–H groups in total. The second-order valence-corrected chi connectivity index (χ2v) is 10.4. The van der Waals surface area contributed by atoms with Gasteiger partial charge in [0.2, 0.25) is 19.2 Å². The molecule has 0 saturated carbocycles. The Hall–Kier alpha value is -3.09. The number of amides is 1. The molecule has 1 heterocycles. The van der Waals surface area contributed by atoms with Crippen LogP contribution in [0.15, 0.2) is 48.7 Å². The Bertz CT molecular complexity index is 1170. The van der Waals surface area contributed by atoms with Crippen LogP contribution in [0.2, 0.25) is 5.02 Å². The summed E-state index contributed by atoms with van der Waals surface area (Å²) in [4.78, 5) is 19.9. The van der Waals surface area contributed by atoms with Gasteiger partial charge < -0.3 is 20.9 Å². The van der Waals surface area contributed by atoms with Gasteiger partial charge in [-0.2, -0.15) is 4.98 Å². The smallest absolute Gasteiger partial charge is 0.242 e. The summed E-state index contributed by atoms with van der Waals surface area (Å²) < 4.78 is 17.7. The highest BCUT2D eigenvalue weighted by Gasteiger charge is 2.15. The van der Waals surface area contributed by atoms with Gasteiger partial charge in [0.05, 0.1) is 18.3 Å². The van der Waals surface area contributed by atoms with E-state index < -0.39 is 13.3 Å². The van der Waals surface area contributed by atoms with Crippen LogP contribution < -0.4 is 20.9 Å². The van der Waals surface area contributed by atoms with Crippen molar-refractivity contribution in [2.24, 2.45) is 5.73 Å². The number of nitrogens with two attached hydrogens (primary N) is 1. The number of carbonyl (C=O) groups excluding carboxylic acids is 1. The zero-order valence-electron chi connectivity index (χ0n) is 17.3.